The van der Waals surface area contributed by atoms with Gasteiger partial charge in [0, 0.05) is 30.1 Å². The van der Waals surface area contributed by atoms with Gasteiger partial charge in [-0.2, -0.15) is 0 Å². The number of rotatable bonds is 11. The highest BCUT2D eigenvalue weighted by atomic mass is 32.2. The summed E-state index contributed by atoms with van der Waals surface area (Å²) in [6.07, 6.45) is 6.09. The number of carbonyl (C=O) groups is 3. The number of hydrogen-bond acceptors (Lipinski definition) is 5. The molecule has 5 atom stereocenters. The summed E-state index contributed by atoms with van der Waals surface area (Å²) in [6, 6.07) is 13.1. The highest BCUT2D eigenvalue weighted by molar-refractivity contribution is 8.02. The lowest BCUT2D eigenvalue weighted by Crippen LogP contribution is -2.55. The molecular formula is C30H36N2O5S. The fourth-order valence-electron chi connectivity index (χ4n) is 7.01. The highest BCUT2D eigenvalue weighted by Crippen LogP contribution is 2.71. The van der Waals surface area contributed by atoms with Gasteiger partial charge in [-0.25, -0.2) is 0 Å². The number of unbranched alkanes of at least 4 members (excludes halogenated alkanes) is 3. The molecule has 8 heteroatoms. The second kappa shape index (κ2) is 10.4. The zero-order valence-electron chi connectivity index (χ0n) is 21.8. The van der Waals surface area contributed by atoms with E-state index in [0.29, 0.717) is 32.2 Å². The van der Waals surface area contributed by atoms with E-state index >= 15 is 0 Å². The van der Waals surface area contributed by atoms with Gasteiger partial charge < -0.3 is 20.0 Å². The number of carbonyl (C=O) groups excluding carboxylic acids is 2. The number of benzene rings is 2. The third-order valence-corrected chi connectivity index (χ3v) is 10.7. The van der Waals surface area contributed by atoms with Crippen LogP contribution in [0.5, 0.6) is 0 Å². The molecule has 38 heavy (non-hydrogen) atoms. The number of aliphatic hydroxyl groups is 1. The van der Waals surface area contributed by atoms with E-state index in [2.05, 4.69) is 6.58 Å². The number of carboxylic acid groups (broad SMARTS) is 1. The smallest absolute Gasteiger partial charge is 0.308 e. The van der Waals surface area contributed by atoms with Crippen molar-refractivity contribution >= 4 is 46.0 Å². The van der Waals surface area contributed by atoms with Crippen LogP contribution in [-0.4, -0.2) is 68.1 Å². The first kappa shape index (κ1) is 26.8. The van der Waals surface area contributed by atoms with Crippen molar-refractivity contribution < 1.29 is 24.6 Å². The number of likely N-dealkylation sites (tertiary alicyclic amines) is 1. The van der Waals surface area contributed by atoms with Gasteiger partial charge in [0.15, 0.2) is 0 Å². The van der Waals surface area contributed by atoms with Gasteiger partial charge >= 0.3 is 5.97 Å². The van der Waals surface area contributed by atoms with Crippen LogP contribution in [0.3, 0.4) is 0 Å². The molecule has 0 aromatic heterocycles. The summed E-state index contributed by atoms with van der Waals surface area (Å²) in [7, 11) is 0. The van der Waals surface area contributed by atoms with Gasteiger partial charge in [-0.15, -0.1) is 18.3 Å². The average molecular weight is 537 g/mol. The summed E-state index contributed by atoms with van der Waals surface area (Å²) in [6.45, 7) is 6.66. The van der Waals surface area contributed by atoms with Crippen LogP contribution >= 0.6 is 11.8 Å². The minimum atomic E-state index is -0.951. The van der Waals surface area contributed by atoms with Crippen molar-refractivity contribution in [2.45, 2.75) is 61.0 Å². The van der Waals surface area contributed by atoms with Gasteiger partial charge in [0.05, 0.1) is 16.6 Å². The lowest BCUT2D eigenvalue weighted by Gasteiger charge is -2.37. The Morgan fingerprint density at radius 1 is 1.13 bits per heavy atom. The number of hydrogen-bond donors (Lipinski definition) is 2. The van der Waals surface area contributed by atoms with E-state index in [1.165, 1.54) is 0 Å². The highest BCUT2D eigenvalue weighted by Gasteiger charge is 2.77. The first-order chi connectivity index (χ1) is 18.3. The number of aliphatic hydroxyl groups excluding tert-OH is 1. The minimum Gasteiger partial charge on any atom is -0.481 e. The monoisotopic (exact) mass is 536 g/mol. The fraction of sp³-hybridized carbons (Fsp3) is 0.500. The number of fused-ring (bicyclic) bond motifs is 2. The average Bonchev–Trinajstić information content (AvgIpc) is 3.47. The Balaban J connectivity index is 1.54. The summed E-state index contributed by atoms with van der Waals surface area (Å²) in [5.74, 6) is -2.84. The van der Waals surface area contributed by atoms with E-state index < -0.39 is 33.3 Å². The van der Waals surface area contributed by atoms with Crippen LogP contribution in [0, 0.1) is 11.8 Å². The molecule has 3 aliphatic heterocycles. The number of carboxylic acids is 1. The molecule has 0 saturated carbocycles. The summed E-state index contributed by atoms with van der Waals surface area (Å²) in [4.78, 5) is 44.4. The molecule has 2 bridgehead atoms. The molecule has 3 saturated heterocycles. The standard InChI is InChI=1S/C30H36N2O5S/c1-3-16-31(22-13-12-20-10-6-7-11-21(20)19-22)27(35)25-30-15-14-29(2,38-30)24(28(36)37)23(30)26(34)32(25)17-8-4-5-9-18-33/h3,6-7,10-13,19,23-25,33H,1,4-5,8-9,14-18H2,2H3,(H,36,37)/t23-,24-,25?,29+,30?/m0/s1. The SMILES string of the molecule is C=CCN(C(=O)C1N(CCCCCCO)C(=O)[C@@H]2[C@@H](C(=O)O)[C@@]3(C)CCC12S3)c1ccc2ccccc2c1. The maximum atomic E-state index is 14.6. The molecule has 3 aliphatic rings. The summed E-state index contributed by atoms with van der Waals surface area (Å²) in [5, 5.41) is 21.4. The Hall–Kier alpha value is -2.84. The number of aliphatic carboxylic acids is 1. The molecule has 2 amide bonds. The molecule has 2 N–H and O–H groups in total. The molecule has 0 radical (unpaired) electrons. The van der Waals surface area contributed by atoms with Gasteiger partial charge in [-0.05, 0) is 55.5 Å². The molecule has 3 fully saturated rings. The number of amides is 2. The minimum absolute atomic E-state index is 0.132. The maximum Gasteiger partial charge on any atom is 0.308 e. The molecular weight excluding hydrogens is 500 g/mol. The van der Waals surface area contributed by atoms with Gasteiger partial charge in [-0.3, -0.25) is 14.4 Å². The van der Waals surface area contributed by atoms with Crippen LogP contribution in [0.25, 0.3) is 10.8 Å². The molecule has 202 valence electrons. The maximum absolute atomic E-state index is 14.6. The van der Waals surface area contributed by atoms with Gasteiger partial charge in [0.25, 0.3) is 5.91 Å². The van der Waals surface area contributed by atoms with Crippen molar-refractivity contribution in [2.24, 2.45) is 11.8 Å². The van der Waals surface area contributed by atoms with Crippen molar-refractivity contribution in [1.82, 2.24) is 4.90 Å². The number of thioether (sulfide) groups is 1. The quantitative estimate of drug-likeness (QED) is 0.325. The molecule has 2 aromatic carbocycles. The Labute approximate surface area is 227 Å². The lowest BCUT2D eigenvalue weighted by atomic mass is 9.66. The van der Waals surface area contributed by atoms with E-state index in [1.807, 2.05) is 49.4 Å². The van der Waals surface area contributed by atoms with E-state index in [-0.39, 0.29) is 25.0 Å². The Bertz CT molecular complexity index is 1270. The molecule has 7 nitrogen and oxygen atoms in total. The van der Waals surface area contributed by atoms with Crippen molar-refractivity contribution in [1.29, 1.82) is 0 Å². The van der Waals surface area contributed by atoms with Crippen LogP contribution in [-0.2, 0) is 14.4 Å². The largest absolute Gasteiger partial charge is 0.481 e. The number of nitrogens with zero attached hydrogens (tertiary/aromatic N) is 2. The van der Waals surface area contributed by atoms with Crippen molar-refractivity contribution in [2.75, 3.05) is 24.6 Å². The van der Waals surface area contributed by atoms with Gasteiger partial charge in [0.2, 0.25) is 5.91 Å². The normalized spacial score (nSPS) is 29.6. The summed E-state index contributed by atoms with van der Waals surface area (Å²) < 4.78 is -1.32. The summed E-state index contributed by atoms with van der Waals surface area (Å²) >= 11 is 1.56. The molecule has 5 rings (SSSR count). The van der Waals surface area contributed by atoms with Gasteiger partial charge in [-0.1, -0.05) is 49.2 Å². The first-order valence-electron chi connectivity index (χ1n) is 13.5. The number of anilines is 1. The fourth-order valence-corrected chi connectivity index (χ4v) is 9.36. The zero-order chi connectivity index (χ0) is 27.1. The molecule has 3 heterocycles. The van der Waals surface area contributed by atoms with E-state index in [4.69, 9.17) is 5.11 Å². The Kier molecular flexibility index (Phi) is 7.31. The second-order valence-corrected chi connectivity index (χ2v) is 12.9. The van der Waals surface area contributed by atoms with Crippen LogP contribution in [0.1, 0.15) is 45.4 Å². The van der Waals surface area contributed by atoms with Gasteiger partial charge in [0.1, 0.15) is 6.04 Å². The van der Waals surface area contributed by atoms with Crippen LogP contribution in [0.4, 0.5) is 5.69 Å². The van der Waals surface area contributed by atoms with E-state index in [1.54, 1.807) is 27.6 Å². The molecule has 2 unspecified atom stereocenters. The predicted octanol–water partition coefficient (Wildman–Crippen LogP) is 4.48. The van der Waals surface area contributed by atoms with Crippen LogP contribution in [0.15, 0.2) is 55.1 Å². The van der Waals surface area contributed by atoms with Crippen molar-refractivity contribution in [3.63, 3.8) is 0 Å². The Morgan fingerprint density at radius 2 is 1.87 bits per heavy atom. The predicted molar refractivity (Wildman–Crippen MR) is 150 cm³/mol. The molecule has 0 aliphatic carbocycles. The van der Waals surface area contributed by atoms with Crippen molar-refractivity contribution in [3.05, 3.63) is 55.1 Å². The topological polar surface area (TPSA) is 98.2 Å². The van der Waals surface area contributed by atoms with Crippen molar-refractivity contribution in [3.8, 4) is 0 Å². The van der Waals surface area contributed by atoms with Crippen LogP contribution in [0.2, 0.25) is 0 Å². The van der Waals surface area contributed by atoms with Crippen LogP contribution < -0.4 is 4.90 Å². The third-order valence-electron chi connectivity index (χ3n) is 8.71. The Morgan fingerprint density at radius 3 is 2.58 bits per heavy atom. The second-order valence-electron chi connectivity index (χ2n) is 11.0. The van der Waals surface area contributed by atoms with E-state index in [0.717, 1.165) is 29.3 Å². The molecule has 1 spiro atoms. The lowest BCUT2D eigenvalue weighted by molar-refractivity contribution is -0.150. The first-order valence-corrected chi connectivity index (χ1v) is 14.3. The molecule has 2 aromatic rings. The summed E-state index contributed by atoms with van der Waals surface area (Å²) in [5.41, 5.74) is 0.738. The zero-order valence-corrected chi connectivity index (χ0v) is 22.7. The van der Waals surface area contributed by atoms with E-state index in [9.17, 15) is 19.5 Å². The third kappa shape index (κ3) is 4.22.